The number of aliphatic hydroxyl groups excluding tert-OH is 2. The van der Waals surface area contributed by atoms with Gasteiger partial charge in [-0.2, -0.15) is 0 Å². The van der Waals surface area contributed by atoms with E-state index in [-0.39, 0.29) is 30.9 Å². The van der Waals surface area contributed by atoms with Gasteiger partial charge in [-0.1, -0.05) is 13.8 Å². The van der Waals surface area contributed by atoms with Gasteiger partial charge in [-0.05, 0) is 0 Å². The first-order valence-corrected chi connectivity index (χ1v) is 2.91. The Bertz CT molecular complexity index is 136. The van der Waals surface area contributed by atoms with Crippen molar-refractivity contribution in [3.05, 3.63) is 0 Å². The normalized spacial score (nSPS) is 12.3. The van der Waals surface area contributed by atoms with Crippen LogP contribution in [0, 0.1) is 5.41 Å². The fourth-order valence-corrected chi connectivity index (χ4v) is 0.406. The third-order valence-corrected chi connectivity index (χ3v) is 1.37. The van der Waals surface area contributed by atoms with Crippen molar-refractivity contribution >= 4 is 5.97 Å². The van der Waals surface area contributed by atoms with Crippen molar-refractivity contribution in [1.82, 2.24) is 0 Å². The summed E-state index contributed by atoms with van der Waals surface area (Å²) in [7, 11) is 0. The van der Waals surface area contributed by atoms with Gasteiger partial charge in [-0.3, -0.25) is 0 Å². The number of rotatable bonds is 3. The molecule has 0 amide bonds. The Balaban J connectivity index is -0.000000405. The third-order valence-electron chi connectivity index (χ3n) is 1.37. The first-order chi connectivity index (χ1) is 4.41. The Hall–Kier alpha value is -0.0526. The van der Waals surface area contributed by atoms with Crippen LogP contribution in [-0.2, 0) is 4.79 Å². The summed E-state index contributed by atoms with van der Waals surface area (Å²) < 4.78 is 0. The van der Waals surface area contributed by atoms with E-state index in [1.807, 2.05) is 0 Å². The Labute approximate surface area is 82.9 Å². The predicted molar refractivity (Wildman–Crippen MR) is 35.5 cm³/mol. The summed E-state index contributed by atoms with van der Waals surface area (Å²) in [6, 6.07) is 0. The summed E-state index contributed by atoms with van der Waals surface area (Å²) in [5.74, 6) is -1.56. The zero-order valence-corrected chi connectivity index (χ0v) is 7.50. The summed E-state index contributed by atoms with van der Waals surface area (Å²) in [6.07, 6.45) is -1.61. The van der Waals surface area contributed by atoms with Crippen molar-refractivity contribution in [2.45, 2.75) is 20.0 Å². The van der Waals surface area contributed by atoms with Crippen molar-refractivity contribution in [3.8, 4) is 0 Å². The number of hydrogen-bond acceptors (Lipinski definition) is 4. The molecule has 0 heterocycles. The van der Waals surface area contributed by atoms with Gasteiger partial charge in [0.05, 0.1) is 12.6 Å². The van der Waals surface area contributed by atoms with Crippen LogP contribution in [0.3, 0.4) is 0 Å². The van der Waals surface area contributed by atoms with E-state index in [4.69, 9.17) is 10.2 Å². The molecule has 0 rings (SSSR count). The Morgan fingerprint density at radius 2 is 1.92 bits per heavy atom. The Morgan fingerprint density at radius 3 is 2.00 bits per heavy atom. The zero-order valence-electron chi connectivity index (χ0n) is 7.50. The molecule has 0 aromatic carbocycles. The topological polar surface area (TPSA) is 112 Å². The fourth-order valence-electron chi connectivity index (χ4n) is 0.406. The molecular formula is C6H13LiO5. The number of aliphatic hydroxyl groups is 2. The molecule has 0 unspecified atom stereocenters. The molecule has 0 aromatic heterocycles. The van der Waals surface area contributed by atoms with Crippen LogP contribution in [0.15, 0.2) is 0 Å². The van der Waals surface area contributed by atoms with Gasteiger partial charge in [0.1, 0.15) is 6.10 Å². The standard InChI is InChI=1S/C6H12O4.Li.H2O/c1-6(2,3-7)4(8)5(9)10;;/h4,7-8H,3H2,1-2H3,(H,9,10);;1H2/q;+1;/p-1/t4-;;/m0../s1. The minimum absolute atomic E-state index is 0. The molecular weight excluding hydrogens is 159 g/mol. The smallest absolute Gasteiger partial charge is 0.547 e. The van der Waals surface area contributed by atoms with E-state index in [1.165, 1.54) is 13.8 Å². The van der Waals surface area contributed by atoms with E-state index in [0.29, 0.717) is 0 Å². The quantitative estimate of drug-likeness (QED) is 0.413. The molecule has 0 bridgehead atoms. The van der Waals surface area contributed by atoms with E-state index in [2.05, 4.69) is 0 Å². The number of carbonyl (C=O) groups excluding carboxylic acids is 1. The largest absolute Gasteiger partial charge is 1.00 e. The van der Waals surface area contributed by atoms with Gasteiger partial charge >= 0.3 is 18.9 Å². The maximum atomic E-state index is 10.0. The second kappa shape index (κ2) is 6.46. The molecule has 0 aromatic rings. The van der Waals surface area contributed by atoms with E-state index >= 15 is 0 Å². The van der Waals surface area contributed by atoms with Gasteiger partial charge in [-0.15, -0.1) is 0 Å². The summed E-state index contributed by atoms with van der Waals surface area (Å²) in [5.41, 5.74) is -1.03. The molecule has 0 aliphatic carbocycles. The minimum Gasteiger partial charge on any atom is -0.547 e. The monoisotopic (exact) mass is 172 g/mol. The predicted octanol–water partition coefficient (Wildman–Crippen LogP) is -5.70. The second-order valence-corrected chi connectivity index (χ2v) is 2.87. The first kappa shape index (κ1) is 17.9. The molecule has 5 nitrogen and oxygen atoms in total. The molecule has 0 saturated carbocycles. The number of carboxylic acid groups (broad SMARTS) is 1. The van der Waals surface area contributed by atoms with Crippen molar-refractivity contribution in [3.63, 3.8) is 0 Å². The molecule has 0 radical (unpaired) electrons. The van der Waals surface area contributed by atoms with Gasteiger partial charge in [0.25, 0.3) is 0 Å². The van der Waals surface area contributed by atoms with Gasteiger partial charge in [0.15, 0.2) is 0 Å². The summed E-state index contributed by atoms with van der Waals surface area (Å²) >= 11 is 0. The third kappa shape index (κ3) is 4.75. The summed E-state index contributed by atoms with van der Waals surface area (Å²) in [5, 5.41) is 27.4. The van der Waals surface area contributed by atoms with Crippen molar-refractivity contribution in [1.29, 1.82) is 0 Å². The number of hydrogen-bond donors (Lipinski definition) is 2. The van der Waals surface area contributed by atoms with Crippen molar-refractivity contribution < 1.29 is 44.5 Å². The molecule has 0 fully saturated rings. The SMILES string of the molecule is CC(C)(CO)[C@@H](O)C(=O)[O-].O.[Li+]. The number of carbonyl (C=O) groups is 1. The maximum Gasteiger partial charge on any atom is 1.00 e. The minimum atomic E-state index is -1.61. The van der Waals surface area contributed by atoms with Crippen molar-refractivity contribution in [2.75, 3.05) is 6.61 Å². The Morgan fingerprint density at radius 1 is 1.58 bits per heavy atom. The van der Waals surface area contributed by atoms with Gasteiger partial charge < -0.3 is 25.6 Å². The van der Waals surface area contributed by atoms with Crippen molar-refractivity contribution in [2.24, 2.45) is 5.41 Å². The fraction of sp³-hybridized carbons (Fsp3) is 0.833. The number of aliphatic carboxylic acids is 1. The molecule has 12 heavy (non-hydrogen) atoms. The second-order valence-electron chi connectivity index (χ2n) is 2.87. The van der Waals surface area contributed by atoms with E-state index < -0.39 is 17.5 Å². The van der Waals surface area contributed by atoms with Gasteiger partial charge in [-0.25, -0.2) is 0 Å². The van der Waals surface area contributed by atoms with Crippen LogP contribution in [0.25, 0.3) is 0 Å². The van der Waals surface area contributed by atoms with Crippen LogP contribution in [0.5, 0.6) is 0 Å². The molecule has 0 spiro atoms. The van der Waals surface area contributed by atoms with Crippen LogP contribution in [0.2, 0.25) is 0 Å². The van der Waals surface area contributed by atoms with E-state index in [0.717, 1.165) is 0 Å². The van der Waals surface area contributed by atoms with E-state index in [1.54, 1.807) is 0 Å². The molecule has 0 saturated heterocycles. The van der Waals surface area contributed by atoms with Crippen LogP contribution in [-0.4, -0.2) is 34.4 Å². The van der Waals surface area contributed by atoms with E-state index in [9.17, 15) is 9.90 Å². The molecule has 68 valence electrons. The maximum absolute atomic E-state index is 10.0. The van der Waals surface area contributed by atoms with Crippen LogP contribution in [0.1, 0.15) is 13.8 Å². The summed E-state index contributed by atoms with van der Waals surface area (Å²) in [6.45, 7) is 2.49. The van der Waals surface area contributed by atoms with Crippen LogP contribution in [0.4, 0.5) is 0 Å². The number of carboxylic acids is 1. The average Bonchev–Trinajstić information content (AvgIpc) is 1.86. The van der Waals surface area contributed by atoms with Gasteiger partial charge in [0.2, 0.25) is 0 Å². The summed E-state index contributed by atoms with van der Waals surface area (Å²) in [4.78, 5) is 10.0. The first-order valence-electron chi connectivity index (χ1n) is 2.91. The van der Waals surface area contributed by atoms with Crippen LogP contribution < -0.4 is 24.0 Å². The molecule has 6 heteroatoms. The molecule has 1 atom stereocenters. The zero-order chi connectivity index (χ0) is 8.36. The Kier molecular flexibility index (Phi) is 9.63. The van der Waals surface area contributed by atoms with Gasteiger partial charge in [0, 0.05) is 5.41 Å². The van der Waals surface area contributed by atoms with Crippen LogP contribution >= 0.6 is 0 Å². The molecule has 0 aliphatic heterocycles. The average molecular weight is 172 g/mol. The molecule has 4 N–H and O–H groups in total. The molecule has 0 aliphatic rings.